The molecule has 0 radical (unpaired) electrons. The number of nitrogens with one attached hydrogen (secondary N) is 1. The fourth-order valence-electron chi connectivity index (χ4n) is 2.48. The number of hydrogen-bond acceptors (Lipinski definition) is 3. The van der Waals surface area contributed by atoms with Gasteiger partial charge in [0.1, 0.15) is 0 Å². The second-order valence-electron chi connectivity index (χ2n) is 6.38. The van der Waals surface area contributed by atoms with E-state index in [1.165, 1.54) is 0 Å². The van der Waals surface area contributed by atoms with Crippen molar-refractivity contribution in [3.8, 4) is 0 Å². The van der Waals surface area contributed by atoms with Gasteiger partial charge in [-0.3, -0.25) is 14.4 Å². The molecule has 0 unspecified atom stereocenters. The highest BCUT2D eigenvalue weighted by Crippen LogP contribution is 2.58. The van der Waals surface area contributed by atoms with E-state index in [1.807, 2.05) is 0 Å². The fraction of sp³-hybridized carbons (Fsp3) is 0.769. The van der Waals surface area contributed by atoms with Gasteiger partial charge in [-0.05, 0) is 25.7 Å². The van der Waals surface area contributed by atoms with Gasteiger partial charge < -0.3 is 15.5 Å². The zero-order valence-electron chi connectivity index (χ0n) is 11.7. The van der Waals surface area contributed by atoms with E-state index in [0.717, 1.165) is 0 Å². The molecule has 3 N–H and O–H groups in total. The van der Waals surface area contributed by atoms with E-state index in [0.29, 0.717) is 6.42 Å². The van der Waals surface area contributed by atoms with Crippen LogP contribution in [0.15, 0.2) is 0 Å². The highest BCUT2D eigenvalue weighted by Gasteiger charge is 2.66. The smallest absolute Gasteiger partial charge is 0.307 e. The molecule has 0 heterocycles. The summed E-state index contributed by atoms with van der Waals surface area (Å²) in [5.41, 5.74) is -1.20. The third-order valence-corrected chi connectivity index (χ3v) is 3.80. The summed E-state index contributed by atoms with van der Waals surface area (Å²) in [5.74, 6) is -3.41. The van der Waals surface area contributed by atoms with E-state index >= 15 is 0 Å². The number of amides is 1. The van der Waals surface area contributed by atoms with Crippen molar-refractivity contribution in [2.75, 3.05) is 0 Å². The van der Waals surface area contributed by atoms with Crippen LogP contribution in [0.1, 0.15) is 40.5 Å². The molecule has 1 aliphatic rings. The molecule has 1 fully saturated rings. The van der Waals surface area contributed by atoms with Gasteiger partial charge in [-0.2, -0.15) is 0 Å². The minimum Gasteiger partial charge on any atom is -0.481 e. The van der Waals surface area contributed by atoms with Crippen LogP contribution < -0.4 is 5.32 Å². The lowest BCUT2D eigenvalue weighted by Crippen LogP contribution is -2.45. The van der Waals surface area contributed by atoms with Crippen molar-refractivity contribution < 1.29 is 24.6 Å². The second-order valence-corrected chi connectivity index (χ2v) is 6.38. The fourth-order valence-corrected chi connectivity index (χ4v) is 2.48. The molecule has 1 aliphatic carbocycles. The van der Waals surface area contributed by atoms with E-state index in [9.17, 15) is 14.4 Å². The van der Waals surface area contributed by atoms with Crippen LogP contribution in [0.3, 0.4) is 0 Å². The Hall–Kier alpha value is -1.59. The molecule has 1 amide bonds. The largest absolute Gasteiger partial charge is 0.481 e. The SMILES string of the molecule is CC(C)(CCC(=O)O)NC(=O)[C@@H]1[C@H](C(=O)O)C1(C)C. The molecule has 1 rings (SSSR count). The van der Waals surface area contributed by atoms with E-state index in [-0.39, 0.29) is 12.3 Å². The Labute approximate surface area is 112 Å². The van der Waals surface area contributed by atoms with Crippen LogP contribution >= 0.6 is 0 Å². The molecule has 19 heavy (non-hydrogen) atoms. The summed E-state index contributed by atoms with van der Waals surface area (Å²) in [6.07, 6.45) is 0.267. The molecule has 2 atom stereocenters. The van der Waals surface area contributed by atoms with Crippen molar-refractivity contribution in [3.05, 3.63) is 0 Å². The van der Waals surface area contributed by atoms with Crippen LogP contribution in [-0.4, -0.2) is 33.6 Å². The summed E-state index contributed by atoms with van der Waals surface area (Å²) in [7, 11) is 0. The number of rotatable bonds is 6. The van der Waals surface area contributed by atoms with Gasteiger partial charge in [0.2, 0.25) is 5.91 Å². The van der Waals surface area contributed by atoms with Gasteiger partial charge in [-0.25, -0.2) is 0 Å². The van der Waals surface area contributed by atoms with E-state index in [4.69, 9.17) is 10.2 Å². The first-order chi connectivity index (χ1) is 8.49. The number of carbonyl (C=O) groups excluding carboxylic acids is 1. The predicted octanol–water partition coefficient (Wildman–Crippen LogP) is 1.10. The predicted molar refractivity (Wildman–Crippen MR) is 67.5 cm³/mol. The molecule has 0 saturated heterocycles. The maximum atomic E-state index is 12.1. The molecule has 0 aromatic rings. The van der Waals surface area contributed by atoms with E-state index in [1.54, 1.807) is 27.7 Å². The Bertz CT molecular complexity index is 413. The van der Waals surface area contributed by atoms with E-state index < -0.39 is 34.7 Å². The number of hydrogen-bond donors (Lipinski definition) is 3. The Morgan fingerprint density at radius 1 is 1.16 bits per heavy atom. The second kappa shape index (κ2) is 4.83. The van der Waals surface area contributed by atoms with Gasteiger partial charge in [0.25, 0.3) is 0 Å². The van der Waals surface area contributed by atoms with Gasteiger partial charge in [0.15, 0.2) is 0 Å². The molecule has 1 saturated carbocycles. The minimum atomic E-state index is -0.964. The summed E-state index contributed by atoms with van der Waals surface area (Å²) < 4.78 is 0. The zero-order valence-corrected chi connectivity index (χ0v) is 11.7. The highest BCUT2D eigenvalue weighted by molar-refractivity contribution is 5.92. The maximum Gasteiger partial charge on any atom is 0.307 e. The van der Waals surface area contributed by atoms with Crippen molar-refractivity contribution in [2.24, 2.45) is 17.3 Å². The molecule has 108 valence electrons. The molecule has 0 bridgehead atoms. The first-order valence-electron chi connectivity index (χ1n) is 6.25. The molecule has 0 aliphatic heterocycles. The van der Waals surface area contributed by atoms with Gasteiger partial charge in [-0.1, -0.05) is 13.8 Å². The first-order valence-corrected chi connectivity index (χ1v) is 6.25. The Balaban J connectivity index is 2.61. The average molecular weight is 271 g/mol. The normalized spacial score (nSPS) is 24.6. The zero-order chi connectivity index (χ0) is 15.0. The number of carbonyl (C=O) groups is 3. The van der Waals surface area contributed by atoms with Gasteiger partial charge in [0, 0.05) is 12.0 Å². The van der Waals surface area contributed by atoms with Crippen LogP contribution in [0.2, 0.25) is 0 Å². The molecule has 0 aromatic heterocycles. The van der Waals surface area contributed by atoms with Crippen LogP contribution in [-0.2, 0) is 14.4 Å². The van der Waals surface area contributed by atoms with Crippen LogP contribution in [0.25, 0.3) is 0 Å². The molecule has 6 nitrogen and oxygen atoms in total. The van der Waals surface area contributed by atoms with Crippen molar-refractivity contribution in [1.29, 1.82) is 0 Å². The van der Waals surface area contributed by atoms with Crippen molar-refractivity contribution >= 4 is 17.8 Å². The summed E-state index contributed by atoms with van der Waals surface area (Å²) >= 11 is 0. The van der Waals surface area contributed by atoms with Crippen LogP contribution in [0.4, 0.5) is 0 Å². The summed E-state index contributed by atoms with van der Waals surface area (Å²) in [6.45, 7) is 6.97. The number of carboxylic acid groups (broad SMARTS) is 2. The monoisotopic (exact) mass is 271 g/mol. The lowest BCUT2D eigenvalue weighted by molar-refractivity contribution is -0.140. The Morgan fingerprint density at radius 3 is 2.05 bits per heavy atom. The standard InChI is InChI=1S/C13H21NO5/c1-12(2,6-5-7(15)16)14-10(17)8-9(11(18)19)13(8,3)4/h8-9H,5-6H2,1-4H3,(H,14,17)(H,15,16)(H,18,19)/t8-,9+/m0/s1. The van der Waals surface area contributed by atoms with Gasteiger partial charge >= 0.3 is 11.9 Å². The molecule has 0 aromatic carbocycles. The topological polar surface area (TPSA) is 104 Å². The van der Waals surface area contributed by atoms with Crippen LogP contribution in [0, 0.1) is 17.3 Å². The molecular formula is C13H21NO5. The van der Waals surface area contributed by atoms with Crippen molar-refractivity contribution in [2.45, 2.75) is 46.1 Å². The molecule has 6 heteroatoms. The minimum absolute atomic E-state index is 0.0380. The maximum absolute atomic E-state index is 12.1. The highest BCUT2D eigenvalue weighted by atomic mass is 16.4. The first kappa shape index (κ1) is 15.5. The number of carboxylic acids is 2. The van der Waals surface area contributed by atoms with Crippen LogP contribution in [0.5, 0.6) is 0 Å². The third kappa shape index (κ3) is 3.45. The van der Waals surface area contributed by atoms with Gasteiger partial charge in [0.05, 0.1) is 11.8 Å². The third-order valence-electron chi connectivity index (χ3n) is 3.80. The quantitative estimate of drug-likeness (QED) is 0.671. The van der Waals surface area contributed by atoms with Crippen molar-refractivity contribution in [1.82, 2.24) is 5.32 Å². The lowest BCUT2D eigenvalue weighted by atomic mass is 9.97. The Kier molecular flexibility index (Phi) is 3.93. The molecule has 0 spiro atoms. The van der Waals surface area contributed by atoms with Gasteiger partial charge in [-0.15, -0.1) is 0 Å². The van der Waals surface area contributed by atoms with Crippen molar-refractivity contribution in [3.63, 3.8) is 0 Å². The number of aliphatic carboxylic acids is 2. The average Bonchev–Trinajstić information content (AvgIpc) is 2.78. The Morgan fingerprint density at radius 2 is 1.68 bits per heavy atom. The molecular weight excluding hydrogens is 250 g/mol. The summed E-state index contributed by atoms with van der Waals surface area (Å²) in [6, 6.07) is 0. The summed E-state index contributed by atoms with van der Waals surface area (Å²) in [4.78, 5) is 33.6. The summed E-state index contributed by atoms with van der Waals surface area (Å²) in [5, 5.41) is 20.4. The van der Waals surface area contributed by atoms with E-state index in [2.05, 4.69) is 5.32 Å². The lowest BCUT2D eigenvalue weighted by Gasteiger charge is -2.26.